The molecule has 2 aromatic carbocycles. The highest BCUT2D eigenvalue weighted by Crippen LogP contribution is 2.32. The Morgan fingerprint density at radius 1 is 1.04 bits per heavy atom. The molecule has 0 aliphatic carbocycles. The fraction of sp³-hybridized carbons (Fsp3) is 0.150. The number of fused-ring (bicyclic) bond motifs is 1. The monoisotopic (exact) mass is 344 g/mol. The molecule has 4 rings (SSSR count). The van der Waals surface area contributed by atoms with Crippen LogP contribution in [0.2, 0.25) is 0 Å². The molecule has 0 radical (unpaired) electrons. The first-order valence-electron chi connectivity index (χ1n) is 8.56. The van der Waals surface area contributed by atoms with Crippen LogP contribution in [0, 0.1) is 6.92 Å². The van der Waals surface area contributed by atoms with E-state index in [4.69, 9.17) is 5.73 Å². The van der Waals surface area contributed by atoms with E-state index in [0.29, 0.717) is 17.3 Å². The van der Waals surface area contributed by atoms with Crippen LogP contribution in [0.15, 0.2) is 61.2 Å². The van der Waals surface area contributed by atoms with Crippen molar-refractivity contribution in [2.45, 2.75) is 13.8 Å². The molecule has 0 amide bonds. The average Bonchev–Trinajstić information content (AvgIpc) is 3.08. The number of nitrogens with two attached hydrogens (primary N) is 1. The van der Waals surface area contributed by atoms with E-state index >= 15 is 0 Å². The molecule has 0 atom stereocenters. The highest BCUT2D eigenvalue weighted by Gasteiger charge is 2.18. The van der Waals surface area contributed by atoms with E-state index in [1.54, 1.807) is 12.7 Å². The molecular formula is C20H20N6. The van der Waals surface area contributed by atoms with Crippen LogP contribution in [0.4, 0.5) is 17.2 Å². The Hall–Kier alpha value is -3.41. The third kappa shape index (κ3) is 2.65. The van der Waals surface area contributed by atoms with E-state index in [2.05, 4.69) is 51.9 Å². The Morgan fingerprint density at radius 3 is 2.69 bits per heavy atom. The number of hydrogen-bond acceptors (Lipinski definition) is 5. The van der Waals surface area contributed by atoms with Crippen molar-refractivity contribution in [3.8, 4) is 5.82 Å². The molecule has 6 heteroatoms. The minimum absolute atomic E-state index is 0.527. The molecule has 0 aliphatic heterocycles. The van der Waals surface area contributed by atoms with Gasteiger partial charge in [0.1, 0.15) is 18.3 Å². The summed E-state index contributed by atoms with van der Waals surface area (Å²) in [6.07, 6.45) is 3.30. The third-order valence-corrected chi connectivity index (χ3v) is 4.41. The lowest BCUT2D eigenvalue weighted by Gasteiger charge is -2.24. The van der Waals surface area contributed by atoms with Gasteiger partial charge in [-0.2, -0.15) is 0 Å². The summed E-state index contributed by atoms with van der Waals surface area (Å²) in [4.78, 5) is 15.4. The lowest BCUT2D eigenvalue weighted by atomic mass is 10.2. The SMILES string of the molecule is CCN(c1cccc(C)c1)c1ncnc(-n2cnc3ccccc32)c1N. The Kier molecular flexibility index (Phi) is 4.01. The van der Waals surface area contributed by atoms with Crippen LogP contribution in [0.25, 0.3) is 16.9 Å². The van der Waals surface area contributed by atoms with Gasteiger partial charge < -0.3 is 10.6 Å². The molecule has 4 aromatic rings. The summed E-state index contributed by atoms with van der Waals surface area (Å²) in [5.41, 5.74) is 11.1. The van der Waals surface area contributed by atoms with Crippen LogP contribution in [0.3, 0.4) is 0 Å². The van der Waals surface area contributed by atoms with Crippen LogP contribution in [0.5, 0.6) is 0 Å². The van der Waals surface area contributed by atoms with E-state index < -0.39 is 0 Å². The van der Waals surface area contributed by atoms with Crippen LogP contribution in [-0.4, -0.2) is 26.1 Å². The quantitative estimate of drug-likeness (QED) is 0.608. The maximum Gasteiger partial charge on any atom is 0.167 e. The summed E-state index contributed by atoms with van der Waals surface area (Å²) in [5, 5.41) is 0. The normalized spacial score (nSPS) is 11.0. The summed E-state index contributed by atoms with van der Waals surface area (Å²) in [6.45, 7) is 4.90. The summed E-state index contributed by atoms with van der Waals surface area (Å²) in [6, 6.07) is 16.2. The Morgan fingerprint density at radius 2 is 1.88 bits per heavy atom. The predicted octanol–water partition coefficient (Wildman–Crippen LogP) is 3.86. The number of rotatable bonds is 4. The second-order valence-corrected chi connectivity index (χ2v) is 6.12. The molecule has 2 aromatic heterocycles. The highest BCUT2D eigenvalue weighted by molar-refractivity contribution is 5.81. The number of nitrogens with zero attached hydrogens (tertiary/aromatic N) is 5. The first kappa shape index (κ1) is 16.1. The van der Waals surface area contributed by atoms with Gasteiger partial charge in [0.05, 0.1) is 11.0 Å². The second-order valence-electron chi connectivity index (χ2n) is 6.12. The Balaban J connectivity index is 1.85. The number of imidazole rings is 1. The molecule has 6 nitrogen and oxygen atoms in total. The molecule has 0 bridgehead atoms. The number of nitrogen functional groups attached to an aromatic ring is 1. The third-order valence-electron chi connectivity index (χ3n) is 4.41. The lowest BCUT2D eigenvalue weighted by molar-refractivity contribution is 0.950. The fourth-order valence-electron chi connectivity index (χ4n) is 3.16. The summed E-state index contributed by atoms with van der Waals surface area (Å²) in [7, 11) is 0. The fourth-order valence-corrected chi connectivity index (χ4v) is 3.16. The van der Waals surface area contributed by atoms with Crippen molar-refractivity contribution in [1.82, 2.24) is 19.5 Å². The van der Waals surface area contributed by atoms with Gasteiger partial charge in [-0.1, -0.05) is 24.3 Å². The molecule has 0 aliphatic rings. The molecule has 0 unspecified atom stereocenters. The number of aromatic nitrogens is 4. The van der Waals surface area contributed by atoms with Gasteiger partial charge in [0, 0.05) is 12.2 Å². The zero-order chi connectivity index (χ0) is 18.1. The van der Waals surface area contributed by atoms with E-state index in [1.165, 1.54) is 5.56 Å². The molecule has 2 N–H and O–H groups in total. The number of aryl methyl sites for hydroxylation is 1. The molecule has 0 spiro atoms. The van der Waals surface area contributed by atoms with Crippen molar-refractivity contribution >= 4 is 28.2 Å². The van der Waals surface area contributed by atoms with Gasteiger partial charge in [-0.3, -0.25) is 4.57 Å². The average molecular weight is 344 g/mol. The Labute approximate surface area is 151 Å². The molecular weight excluding hydrogens is 324 g/mol. The minimum Gasteiger partial charge on any atom is -0.393 e. The van der Waals surface area contributed by atoms with Gasteiger partial charge in [0.15, 0.2) is 11.6 Å². The van der Waals surface area contributed by atoms with Crippen molar-refractivity contribution in [3.05, 3.63) is 66.7 Å². The van der Waals surface area contributed by atoms with E-state index in [-0.39, 0.29) is 0 Å². The summed E-state index contributed by atoms with van der Waals surface area (Å²) in [5.74, 6) is 1.33. The van der Waals surface area contributed by atoms with E-state index in [0.717, 1.165) is 23.3 Å². The second kappa shape index (κ2) is 6.48. The van der Waals surface area contributed by atoms with Gasteiger partial charge in [-0.05, 0) is 43.7 Å². The standard InChI is InChI=1S/C20H20N6/c1-3-25(15-8-6-7-14(2)11-15)19-18(21)20(23-12-22-19)26-13-24-16-9-4-5-10-17(16)26/h4-13H,3,21H2,1-2H3. The van der Waals surface area contributed by atoms with Crippen LogP contribution in [0.1, 0.15) is 12.5 Å². The predicted molar refractivity (Wildman–Crippen MR) is 105 cm³/mol. The Bertz CT molecular complexity index is 1070. The van der Waals surface area contributed by atoms with Gasteiger partial charge in [0.2, 0.25) is 0 Å². The van der Waals surface area contributed by atoms with Crippen molar-refractivity contribution in [1.29, 1.82) is 0 Å². The molecule has 0 saturated carbocycles. The zero-order valence-electron chi connectivity index (χ0n) is 14.8. The van der Waals surface area contributed by atoms with Crippen molar-refractivity contribution in [2.75, 3.05) is 17.2 Å². The maximum atomic E-state index is 6.50. The summed E-state index contributed by atoms with van der Waals surface area (Å²) >= 11 is 0. The molecule has 0 saturated heterocycles. The van der Waals surface area contributed by atoms with Gasteiger partial charge >= 0.3 is 0 Å². The first-order chi connectivity index (χ1) is 12.7. The summed E-state index contributed by atoms with van der Waals surface area (Å²) < 4.78 is 1.90. The van der Waals surface area contributed by atoms with Crippen molar-refractivity contribution < 1.29 is 0 Å². The van der Waals surface area contributed by atoms with Gasteiger partial charge in [-0.25, -0.2) is 15.0 Å². The number of benzene rings is 2. The molecule has 130 valence electrons. The van der Waals surface area contributed by atoms with Gasteiger partial charge in [0.25, 0.3) is 0 Å². The minimum atomic E-state index is 0.527. The molecule has 26 heavy (non-hydrogen) atoms. The number of hydrogen-bond donors (Lipinski definition) is 1. The van der Waals surface area contributed by atoms with Crippen LogP contribution in [-0.2, 0) is 0 Å². The van der Waals surface area contributed by atoms with Crippen LogP contribution >= 0.6 is 0 Å². The number of para-hydroxylation sites is 2. The number of anilines is 3. The highest BCUT2D eigenvalue weighted by atomic mass is 15.2. The van der Waals surface area contributed by atoms with Crippen molar-refractivity contribution in [3.63, 3.8) is 0 Å². The van der Waals surface area contributed by atoms with Crippen molar-refractivity contribution in [2.24, 2.45) is 0 Å². The maximum absolute atomic E-state index is 6.50. The van der Waals surface area contributed by atoms with E-state index in [9.17, 15) is 0 Å². The van der Waals surface area contributed by atoms with E-state index in [1.807, 2.05) is 34.9 Å². The molecule has 2 heterocycles. The smallest absolute Gasteiger partial charge is 0.167 e. The topological polar surface area (TPSA) is 72.9 Å². The first-order valence-corrected chi connectivity index (χ1v) is 8.56. The van der Waals surface area contributed by atoms with Crippen LogP contribution < -0.4 is 10.6 Å². The lowest BCUT2D eigenvalue weighted by Crippen LogP contribution is -2.20. The molecule has 0 fully saturated rings. The largest absolute Gasteiger partial charge is 0.393 e. The zero-order valence-corrected chi connectivity index (χ0v) is 14.8. The van der Waals surface area contributed by atoms with Gasteiger partial charge in [-0.15, -0.1) is 0 Å².